The van der Waals surface area contributed by atoms with Crippen molar-refractivity contribution in [1.29, 1.82) is 0 Å². The minimum atomic E-state index is 1.04. The maximum atomic E-state index is 2.48. The summed E-state index contributed by atoms with van der Waals surface area (Å²) in [4.78, 5) is 4.80. The summed E-state index contributed by atoms with van der Waals surface area (Å²) in [6, 6.07) is 8.68. The van der Waals surface area contributed by atoms with Crippen LogP contribution in [0.25, 0.3) is 0 Å². The minimum Gasteiger partial charge on any atom is -0.355 e. The Hall–Kier alpha value is -1.18. The molecule has 0 fully saturated rings. The molecule has 2 nitrogen and oxygen atoms in total. The number of rotatable bonds is 4. The number of anilines is 2. The van der Waals surface area contributed by atoms with Crippen molar-refractivity contribution >= 4 is 11.4 Å². The third-order valence-corrected chi connectivity index (χ3v) is 3.05. The maximum Gasteiger partial charge on any atom is 0.0901 e. The van der Waals surface area contributed by atoms with Crippen molar-refractivity contribution in [2.24, 2.45) is 0 Å². The molecule has 0 atom stereocenters. The van der Waals surface area contributed by atoms with Crippen molar-refractivity contribution in [2.45, 2.75) is 26.2 Å². The van der Waals surface area contributed by atoms with Crippen molar-refractivity contribution in [3.63, 3.8) is 0 Å². The number of benzene rings is 1. The van der Waals surface area contributed by atoms with Gasteiger partial charge in [0, 0.05) is 13.6 Å². The molecule has 0 bridgehead atoms. The first-order chi connectivity index (χ1) is 7.33. The van der Waals surface area contributed by atoms with Crippen LogP contribution in [-0.2, 0) is 0 Å². The molecule has 0 saturated heterocycles. The molecule has 0 spiro atoms. The first kappa shape index (κ1) is 10.3. The Morgan fingerprint density at radius 2 is 1.87 bits per heavy atom. The topological polar surface area (TPSA) is 6.48 Å². The van der Waals surface area contributed by atoms with Crippen molar-refractivity contribution < 1.29 is 0 Å². The molecule has 0 aliphatic carbocycles. The van der Waals surface area contributed by atoms with E-state index in [2.05, 4.69) is 48.0 Å². The fraction of sp³-hybridized carbons (Fsp3) is 0.538. The molecule has 15 heavy (non-hydrogen) atoms. The van der Waals surface area contributed by atoms with Crippen LogP contribution >= 0.6 is 0 Å². The molecule has 0 unspecified atom stereocenters. The summed E-state index contributed by atoms with van der Waals surface area (Å²) in [5.41, 5.74) is 2.77. The van der Waals surface area contributed by atoms with E-state index in [-0.39, 0.29) is 0 Å². The van der Waals surface area contributed by atoms with Crippen LogP contribution in [0.1, 0.15) is 26.2 Å². The quantitative estimate of drug-likeness (QED) is 0.695. The molecule has 1 aromatic carbocycles. The highest BCUT2D eigenvalue weighted by Crippen LogP contribution is 2.34. The number of para-hydroxylation sites is 2. The molecule has 0 saturated carbocycles. The van der Waals surface area contributed by atoms with Crippen LogP contribution in [0.5, 0.6) is 0 Å². The summed E-state index contributed by atoms with van der Waals surface area (Å²) in [6.07, 6.45) is 3.94. The summed E-state index contributed by atoms with van der Waals surface area (Å²) in [5, 5.41) is 0. The lowest BCUT2D eigenvalue weighted by Crippen LogP contribution is -2.28. The van der Waals surface area contributed by atoms with Crippen molar-refractivity contribution in [3.05, 3.63) is 24.3 Å². The third-order valence-electron chi connectivity index (χ3n) is 3.05. The molecule has 1 aliphatic heterocycles. The second-order valence-electron chi connectivity index (χ2n) is 4.30. The van der Waals surface area contributed by atoms with Crippen LogP contribution in [0.2, 0.25) is 0 Å². The van der Waals surface area contributed by atoms with Crippen molar-refractivity contribution in [1.82, 2.24) is 0 Å². The third kappa shape index (κ3) is 2.09. The van der Waals surface area contributed by atoms with Gasteiger partial charge in [-0.15, -0.1) is 0 Å². The Kier molecular flexibility index (Phi) is 3.14. The average molecular weight is 204 g/mol. The molecule has 2 rings (SSSR count). The van der Waals surface area contributed by atoms with Gasteiger partial charge in [0.15, 0.2) is 0 Å². The molecule has 0 aromatic heterocycles. The highest BCUT2D eigenvalue weighted by molar-refractivity contribution is 5.75. The molecule has 1 heterocycles. The van der Waals surface area contributed by atoms with Crippen molar-refractivity contribution in [2.75, 3.05) is 30.1 Å². The van der Waals surface area contributed by atoms with Crippen molar-refractivity contribution in [3.8, 4) is 0 Å². The molecule has 1 aliphatic rings. The zero-order valence-electron chi connectivity index (χ0n) is 9.74. The van der Waals surface area contributed by atoms with Gasteiger partial charge in [0.1, 0.15) is 0 Å². The standard InChI is InChI=1S/C13H20N2/c1-3-4-7-10-15-11-14(2)12-8-5-6-9-13(12)15/h5-6,8-9H,3-4,7,10-11H2,1-2H3. The van der Waals surface area contributed by atoms with E-state index in [1.807, 2.05) is 0 Å². The summed E-state index contributed by atoms with van der Waals surface area (Å²) in [5.74, 6) is 0. The normalized spacial score (nSPS) is 14.5. The van der Waals surface area contributed by atoms with Crippen LogP contribution < -0.4 is 9.80 Å². The number of nitrogens with zero attached hydrogens (tertiary/aromatic N) is 2. The van der Waals surface area contributed by atoms with E-state index in [1.54, 1.807) is 0 Å². The predicted molar refractivity (Wildman–Crippen MR) is 66.6 cm³/mol. The lowest BCUT2D eigenvalue weighted by Gasteiger charge is -2.18. The largest absolute Gasteiger partial charge is 0.355 e. The summed E-state index contributed by atoms with van der Waals surface area (Å²) >= 11 is 0. The Bertz CT molecular complexity index is 322. The summed E-state index contributed by atoms with van der Waals surface area (Å²) in [6.45, 7) is 4.49. The highest BCUT2D eigenvalue weighted by atomic mass is 15.4. The van der Waals surface area contributed by atoms with Crippen LogP contribution in [0.4, 0.5) is 11.4 Å². The second kappa shape index (κ2) is 4.56. The van der Waals surface area contributed by atoms with Gasteiger partial charge in [0.05, 0.1) is 18.0 Å². The maximum absolute atomic E-state index is 2.48. The Labute approximate surface area is 92.5 Å². The fourth-order valence-electron chi connectivity index (χ4n) is 2.21. The Morgan fingerprint density at radius 3 is 2.60 bits per heavy atom. The lowest BCUT2D eigenvalue weighted by atomic mass is 10.2. The van der Waals surface area contributed by atoms with E-state index in [9.17, 15) is 0 Å². The number of fused-ring (bicyclic) bond motifs is 1. The average Bonchev–Trinajstić information content (AvgIpc) is 2.58. The SMILES string of the molecule is CCCCCN1CN(C)c2ccccc21. The van der Waals surface area contributed by atoms with Gasteiger partial charge in [-0.05, 0) is 18.6 Å². The number of unbranched alkanes of at least 4 members (excludes halogenated alkanes) is 2. The van der Waals surface area contributed by atoms with E-state index in [4.69, 9.17) is 0 Å². The number of hydrogen-bond acceptors (Lipinski definition) is 2. The highest BCUT2D eigenvalue weighted by Gasteiger charge is 2.21. The first-order valence-electron chi connectivity index (χ1n) is 5.88. The first-order valence-corrected chi connectivity index (χ1v) is 5.88. The van der Waals surface area contributed by atoms with Crippen LogP contribution in [0.15, 0.2) is 24.3 Å². The zero-order chi connectivity index (χ0) is 10.7. The molecule has 82 valence electrons. The monoisotopic (exact) mass is 204 g/mol. The van der Waals surface area contributed by atoms with Crippen LogP contribution in [0, 0.1) is 0 Å². The van der Waals surface area contributed by atoms with Gasteiger partial charge in [0.25, 0.3) is 0 Å². The molecule has 0 radical (unpaired) electrons. The van der Waals surface area contributed by atoms with Crippen LogP contribution in [-0.4, -0.2) is 20.3 Å². The fourth-order valence-corrected chi connectivity index (χ4v) is 2.21. The van der Waals surface area contributed by atoms with E-state index >= 15 is 0 Å². The Morgan fingerprint density at radius 1 is 1.13 bits per heavy atom. The second-order valence-corrected chi connectivity index (χ2v) is 4.30. The smallest absolute Gasteiger partial charge is 0.0901 e. The van der Waals surface area contributed by atoms with E-state index in [1.165, 1.54) is 37.2 Å². The molecule has 0 N–H and O–H groups in total. The molecular weight excluding hydrogens is 184 g/mol. The van der Waals surface area contributed by atoms with Gasteiger partial charge in [-0.1, -0.05) is 31.9 Å². The molecule has 0 amide bonds. The molecular formula is C13H20N2. The van der Waals surface area contributed by atoms with Gasteiger partial charge in [-0.25, -0.2) is 0 Å². The van der Waals surface area contributed by atoms with Gasteiger partial charge in [-0.3, -0.25) is 0 Å². The number of hydrogen-bond donors (Lipinski definition) is 0. The van der Waals surface area contributed by atoms with E-state index in [0.717, 1.165) is 6.67 Å². The molecule has 2 heteroatoms. The van der Waals surface area contributed by atoms with Gasteiger partial charge in [-0.2, -0.15) is 0 Å². The molecule has 1 aromatic rings. The lowest BCUT2D eigenvalue weighted by molar-refractivity contribution is 0.685. The van der Waals surface area contributed by atoms with Gasteiger partial charge in [0.2, 0.25) is 0 Å². The summed E-state index contributed by atoms with van der Waals surface area (Å²) in [7, 11) is 2.17. The van der Waals surface area contributed by atoms with E-state index in [0.29, 0.717) is 0 Å². The predicted octanol–water partition coefficient (Wildman–Crippen LogP) is 3.09. The van der Waals surface area contributed by atoms with E-state index < -0.39 is 0 Å². The zero-order valence-corrected chi connectivity index (χ0v) is 9.74. The Balaban J connectivity index is 2.04. The van der Waals surface area contributed by atoms with Gasteiger partial charge >= 0.3 is 0 Å². The minimum absolute atomic E-state index is 1.04. The summed E-state index contributed by atoms with van der Waals surface area (Å²) < 4.78 is 0. The van der Waals surface area contributed by atoms with Crippen LogP contribution in [0.3, 0.4) is 0 Å². The van der Waals surface area contributed by atoms with Gasteiger partial charge < -0.3 is 9.80 Å².